The van der Waals surface area contributed by atoms with Crippen molar-refractivity contribution in [2.24, 2.45) is 0 Å². The maximum Gasteiger partial charge on any atom is 0.251 e. The van der Waals surface area contributed by atoms with Gasteiger partial charge in [0.05, 0.1) is 11.3 Å². The van der Waals surface area contributed by atoms with Gasteiger partial charge in [-0.25, -0.2) is 19.3 Å². The van der Waals surface area contributed by atoms with Gasteiger partial charge in [-0.1, -0.05) is 42.5 Å². The number of hydrogen-bond donors (Lipinski definition) is 3. The van der Waals surface area contributed by atoms with Gasteiger partial charge in [0, 0.05) is 29.6 Å². The minimum absolute atomic E-state index is 0.166. The molecule has 0 saturated heterocycles. The number of imidazole rings is 1. The van der Waals surface area contributed by atoms with Gasteiger partial charge >= 0.3 is 0 Å². The molecule has 0 unspecified atom stereocenters. The first-order valence-corrected chi connectivity index (χ1v) is 12.5. The average Bonchev–Trinajstić information content (AvgIpc) is 3.37. The number of amides is 1. The fraction of sp³-hybridized carbons (Fsp3) is 0.0323. The molecule has 196 valence electrons. The molecule has 0 atom stereocenters. The second kappa shape index (κ2) is 10.3. The molecule has 0 saturated carbocycles. The first kappa shape index (κ1) is 24.7. The number of aromatic hydroxyl groups is 1. The fourth-order valence-electron chi connectivity index (χ4n) is 4.46. The molecule has 40 heavy (non-hydrogen) atoms. The summed E-state index contributed by atoms with van der Waals surface area (Å²) in [6.07, 6.45) is 1.63. The summed E-state index contributed by atoms with van der Waals surface area (Å²) in [5, 5.41) is 12.3. The summed E-state index contributed by atoms with van der Waals surface area (Å²) in [4.78, 5) is 26.5. The highest BCUT2D eigenvalue weighted by Crippen LogP contribution is 2.31. The second-order valence-corrected chi connectivity index (χ2v) is 9.13. The maximum absolute atomic E-state index is 13.3. The van der Waals surface area contributed by atoms with Crippen LogP contribution >= 0.6 is 0 Å². The van der Waals surface area contributed by atoms with E-state index in [2.05, 4.69) is 10.3 Å². The van der Waals surface area contributed by atoms with Gasteiger partial charge in [0.2, 0.25) is 0 Å². The third-order valence-electron chi connectivity index (χ3n) is 6.51. The summed E-state index contributed by atoms with van der Waals surface area (Å²) >= 11 is 0. The van der Waals surface area contributed by atoms with Gasteiger partial charge in [-0.2, -0.15) is 0 Å². The molecule has 9 heteroatoms. The van der Waals surface area contributed by atoms with Crippen molar-refractivity contribution in [3.63, 3.8) is 0 Å². The zero-order valence-corrected chi connectivity index (χ0v) is 21.1. The Kier molecular flexibility index (Phi) is 6.37. The molecule has 3 heterocycles. The van der Waals surface area contributed by atoms with Crippen molar-refractivity contribution in [2.45, 2.75) is 6.54 Å². The SMILES string of the molecule is Nc1ncccc1-c1nc2ccc(-c3ccccc3)nc2n1-c1ccc(CNC(=O)c2ccc(F)c(O)c2)cc1. The van der Waals surface area contributed by atoms with E-state index in [-0.39, 0.29) is 12.1 Å². The van der Waals surface area contributed by atoms with Crippen molar-refractivity contribution < 1.29 is 14.3 Å². The molecule has 0 radical (unpaired) electrons. The fourth-order valence-corrected chi connectivity index (χ4v) is 4.46. The van der Waals surface area contributed by atoms with Crippen LogP contribution in [-0.2, 0) is 6.54 Å². The normalized spacial score (nSPS) is 11.0. The Balaban J connectivity index is 1.36. The summed E-state index contributed by atoms with van der Waals surface area (Å²) < 4.78 is 15.3. The van der Waals surface area contributed by atoms with Crippen molar-refractivity contribution in [1.29, 1.82) is 0 Å². The smallest absolute Gasteiger partial charge is 0.251 e. The van der Waals surface area contributed by atoms with E-state index in [0.717, 1.165) is 34.6 Å². The highest BCUT2D eigenvalue weighted by Gasteiger charge is 2.19. The summed E-state index contributed by atoms with van der Waals surface area (Å²) in [6, 6.07) is 28.6. The lowest BCUT2D eigenvalue weighted by Gasteiger charge is -2.12. The number of nitrogen functional groups attached to an aromatic ring is 1. The number of nitrogens with zero attached hydrogens (tertiary/aromatic N) is 4. The number of phenolic OH excluding ortho intramolecular Hbond substituents is 1. The molecule has 0 aliphatic heterocycles. The molecule has 0 bridgehead atoms. The van der Waals surface area contributed by atoms with E-state index in [4.69, 9.17) is 15.7 Å². The standard InChI is InChI=1S/C31H23FN6O2/c32-24-13-10-21(17-27(24)39)31(40)35-18-19-8-11-22(12-9-19)38-29(23-7-4-16-34-28(23)33)37-26-15-14-25(36-30(26)38)20-5-2-1-3-6-20/h1-17,39H,18H2,(H2,33,34)(H,35,40). The number of benzene rings is 3. The predicted molar refractivity (Wildman–Crippen MR) is 151 cm³/mol. The van der Waals surface area contributed by atoms with Crippen molar-refractivity contribution >= 4 is 22.9 Å². The minimum atomic E-state index is -0.781. The molecule has 3 aromatic carbocycles. The van der Waals surface area contributed by atoms with E-state index in [1.54, 1.807) is 6.20 Å². The first-order valence-electron chi connectivity index (χ1n) is 12.5. The molecule has 6 rings (SSSR count). The average molecular weight is 531 g/mol. The van der Waals surface area contributed by atoms with E-state index in [0.29, 0.717) is 28.4 Å². The van der Waals surface area contributed by atoms with Crippen molar-refractivity contribution in [3.8, 4) is 34.1 Å². The first-order chi connectivity index (χ1) is 19.5. The van der Waals surface area contributed by atoms with Crippen LogP contribution in [0.4, 0.5) is 10.2 Å². The number of pyridine rings is 2. The lowest BCUT2D eigenvalue weighted by atomic mass is 10.1. The Morgan fingerprint density at radius 2 is 1.73 bits per heavy atom. The Labute approximate surface area is 228 Å². The predicted octanol–water partition coefficient (Wildman–Crippen LogP) is 5.51. The van der Waals surface area contributed by atoms with Gasteiger partial charge in [0.1, 0.15) is 11.3 Å². The van der Waals surface area contributed by atoms with Crippen LogP contribution in [0.5, 0.6) is 5.75 Å². The number of phenols is 1. The molecule has 8 nitrogen and oxygen atoms in total. The van der Waals surface area contributed by atoms with Gasteiger partial charge in [0.15, 0.2) is 23.0 Å². The summed E-state index contributed by atoms with van der Waals surface area (Å²) in [5.74, 6) is -0.813. The Morgan fingerprint density at radius 1 is 0.925 bits per heavy atom. The quantitative estimate of drug-likeness (QED) is 0.261. The molecular formula is C31H23FN6O2. The van der Waals surface area contributed by atoms with E-state index < -0.39 is 17.5 Å². The van der Waals surface area contributed by atoms with Crippen molar-refractivity contribution in [1.82, 2.24) is 24.8 Å². The lowest BCUT2D eigenvalue weighted by Crippen LogP contribution is -2.22. The highest BCUT2D eigenvalue weighted by atomic mass is 19.1. The zero-order valence-electron chi connectivity index (χ0n) is 21.1. The van der Waals surface area contributed by atoms with Gasteiger partial charge in [-0.15, -0.1) is 0 Å². The van der Waals surface area contributed by atoms with Crippen LogP contribution in [0, 0.1) is 5.82 Å². The molecule has 0 aliphatic carbocycles. The minimum Gasteiger partial charge on any atom is -0.505 e. The number of nitrogens with two attached hydrogens (primary N) is 1. The van der Waals surface area contributed by atoms with E-state index >= 15 is 0 Å². The molecule has 0 fully saturated rings. The van der Waals surface area contributed by atoms with Gasteiger partial charge < -0.3 is 16.2 Å². The number of halogens is 1. The zero-order chi connectivity index (χ0) is 27.6. The number of aromatic nitrogens is 4. The molecular weight excluding hydrogens is 507 g/mol. The van der Waals surface area contributed by atoms with Crippen molar-refractivity contribution in [3.05, 3.63) is 120 Å². The molecule has 0 aliphatic rings. The number of hydrogen-bond acceptors (Lipinski definition) is 6. The number of nitrogens with one attached hydrogen (secondary N) is 1. The second-order valence-electron chi connectivity index (χ2n) is 9.13. The van der Waals surface area contributed by atoms with Crippen LogP contribution in [0.25, 0.3) is 39.5 Å². The Bertz CT molecular complexity index is 1850. The third-order valence-corrected chi connectivity index (χ3v) is 6.51. The molecule has 6 aromatic rings. The maximum atomic E-state index is 13.3. The van der Waals surface area contributed by atoms with Crippen LogP contribution in [0.1, 0.15) is 15.9 Å². The number of carbonyl (C=O) groups is 1. The van der Waals surface area contributed by atoms with Crippen LogP contribution in [0.2, 0.25) is 0 Å². The third kappa shape index (κ3) is 4.71. The highest BCUT2D eigenvalue weighted by molar-refractivity contribution is 5.94. The van der Waals surface area contributed by atoms with Crippen LogP contribution < -0.4 is 11.1 Å². The van der Waals surface area contributed by atoms with E-state index in [9.17, 15) is 14.3 Å². The number of fused-ring (bicyclic) bond motifs is 1. The molecule has 4 N–H and O–H groups in total. The summed E-state index contributed by atoms with van der Waals surface area (Å²) in [6.45, 7) is 0.237. The van der Waals surface area contributed by atoms with Gasteiger partial charge in [-0.3, -0.25) is 9.36 Å². The van der Waals surface area contributed by atoms with Gasteiger partial charge in [-0.05, 0) is 60.2 Å². The molecule has 3 aromatic heterocycles. The Hall–Kier alpha value is -5.57. The van der Waals surface area contributed by atoms with Crippen LogP contribution in [0.15, 0.2) is 103 Å². The summed E-state index contributed by atoms with van der Waals surface area (Å²) in [7, 11) is 0. The van der Waals surface area contributed by atoms with Crippen LogP contribution in [-0.4, -0.2) is 30.5 Å². The Morgan fingerprint density at radius 3 is 2.48 bits per heavy atom. The number of anilines is 1. The largest absolute Gasteiger partial charge is 0.505 e. The number of rotatable bonds is 6. The van der Waals surface area contributed by atoms with Crippen molar-refractivity contribution in [2.75, 3.05) is 5.73 Å². The topological polar surface area (TPSA) is 119 Å². The summed E-state index contributed by atoms with van der Waals surface area (Å²) in [5.41, 5.74) is 11.9. The molecule has 0 spiro atoms. The van der Waals surface area contributed by atoms with E-state index in [1.165, 1.54) is 6.07 Å². The van der Waals surface area contributed by atoms with E-state index in [1.807, 2.05) is 83.4 Å². The van der Waals surface area contributed by atoms with Gasteiger partial charge in [0.25, 0.3) is 5.91 Å². The monoisotopic (exact) mass is 530 g/mol. The number of carbonyl (C=O) groups excluding carboxylic acids is 1. The van der Waals surface area contributed by atoms with Crippen LogP contribution in [0.3, 0.4) is 0 Å². The molecule has 1 amide bonds. The lowest BCUT2D eigenvalue weighted by molar-refractivity contribution is 0.0950.